The van der Waals surface area contributed by atoms with E-state index in [1.165, 1.54) is 0 Å². The standard InChI is InChI=1S/C13H16N2O2/c1-3-4-5-12-14-13(17-15-12)10-6-7-11(16)9(2)8-10/h6-8,16H,3-5H2,1-2H3. The van der Waals surface area contributed by atoms with Gasteiger partial charge in [-0.25, -0.2) is 0 Å². The van der Waals surface area contributed by atoms with E-state index in [1.807, 2.05) is 13.0 Å². The molecule has 1 heterocycles. The second-order valence-electron chi connectivity index (χ2n) is 4.12. The summed E-state index contributed by atoms with van der Waals surface area (Å²) in [6, 6.07) is 5.26. The molecule has 90 valence electrons. The number of nitrogens with zero attached hydrogens (tertiary/aromatic N) is 2. The minimum Gasteiger partial charge on any atom is -0.508 e. The van der Waals surface area contributed by atoms with Crippen molar-refractivity contribution in [3.05, 3.63) is 29.6 Å². The third-order valence-electron chi connectivity index (χ3n) is 2.67. The summed E-state index contributed by atoms with van der Waals surface area (Å²) in [6.45, 7) is 3.97. The van der Waals surface area contributed by atoms with Crippen LogP contribution in [0.15, 0.2) is 22.7 Å². The van der Waals surface area contributed by atoms with Crippen LogP contribution in [0.25, 0.3) is 11.5 Å². The van der Waals surface area contributed by atoms with Gasteiger partial charge in [-0.1, -0.05) is 18.5 Å². The molecule has 2 aromatic rings. The van der Waals surface area contributed by atoms with Crippen LogP contribution >= 0.6 is 0 Å². The number of phenolic OH excluding ortho intramolecular Hbond substituents is 1. The SMILES string of the molecule is CCCCc1noc(-c2ccc(O)c(C)c2)n1. The molecule has 0 saturated carbocycles. The van der Waals surface area contributed by atoms with Crippen LogP contribution in [0.4, 0.5) is 0 Å². The summed E-state index contributed by atoms with van der Waals surface area (Å²) in [7, 11) is 0. The molecule has 0 fully saturated rings. The smallest absolute Gasteiger partial charge is 0.257 e. The van der Waals surface area contributed by atoms with Crippen molar-refractivity contribution < 1.29 is 9.63 Å². The van der Waals surface area contributed by atoms with E-state index in [0.29, 0.717) is 5.89 Å². The van der Waals surface area contributed by atoms with Crippen molar-refractivity contribution in [1.29, 1.82) is 0 Å². The van der Waals surface area contributed by atoms with Gasteiger partial charge in [-0.05, 0) is 37.1 Å². The minimum absolute atomic E-state index is 0.277. The topological polar surface area (TPSA) is 59.2 Å². The van der Waals surface area contributed by atoms with Crippen LogP contribution in [-0.4, -0.2) is 15.2 Å². The number of hydrogen-bond donors (Lipinski definition) is 1. The molecule has 1 aromatic carbocycles. The molecule has 0 aliphatic rings. The second-order valence-corrected chi connectivity index (χ2v) is 4.12. The van der Waals surface area contributed by atoms with E-state index in [-0.39, 0.29) is 5.75 Å². The first-order chi connectivity index (χ1) is 8.20. The van der Waals surface area contributed by atoms with E-state index in [1.54, 1.807) is 12.1 Å². The van der Waals surface area contributed by atoms with Gasteiger partial charge in [0.1, 0.15) is 5.75 Å². The zero-order chi connectivity index (χ0) is 12.3. The van der Waals surface area contributed by atoms with Gasteiger partial charge in [0.15, 0.2) is 5.82 Å². The molecule has 0 radical (unpaired) electrons. The van der Waals surface area contributed by atoms with Gasteiger partial charge in [0, 0.05) is 12.0 Å². The number of benzene rings is 1. The number of rotatable bonds is 4. The van der Waals surface area contributed by atoms with Crippen molar-refractivity contribution in [1.82, 2.24) is 10.1 Å². The largest absolute Gasteiger partial charge is 0.508 e. The summed E-state index contributed by atoms with van der Waals surface area (Å²) >= 11 is 0. The number of phenols is 1. The molecular weight excluding hydrogens is 216 g/mol. The summed E-state index contributed by atoms with van der Waals surface area (Å²) in [5.74, 6) is 1.53. The van der Waals surface area contributed by atoms with E-state index in [0.717, 1.165) is 36.2 Å². The van der Waals surface area contributed by atoms with Gasteiger partial charge in [-0.15, -0.1) is 0 Å². The van der Waals surface area contributed by atoms with E-state index in [9.17, 15) is 5.11 Å². The molecule has 2 rings (SSSR count). The normalized spacial score (nSPS) is 10.7. The van der Waals surface area contributed by atoms with Crippen molar-refractivity contribution >= 4 is 0 Å². The minimum atomic E-state index is 0.277. The van der Waals surface area contributed by atoms with Crippen molar-refractivity contribution in [2.24, 2.45) is 0 Å². The van der Waals surface area contributed by atoms with Gasteiger partial charge in [-0.2, -0.15) is 4.98 Å². The molecular formula is C13H16N2O2. The van der Waals surface area contributed by atoms with Crippen LogP contribution < -0.4 is 0 Å². The first kappa shape index (κ1) is 11.6. The summed E-state index contributed by atoms with van der Waals surface area (Å²) in [5, 5.41) is 13.4. The fourth-order valence-corrected chi connectivity index (χ4v) is 1.60. The lowest BCUT2D eigenvalue weighted by Crippen LogP contribution is -1.87. The Morgan fingerprint density at radius 2 is 2.18 bits per heavy atom. The van der Waals surface area contributed by atoms with Crippen LogP contribution in [-0.2, 0) is 6.42 Å². The van der Waals surface area contributed by atoms with Gasteiger partial charge in [0.05, 0.1) is 0 Å². The number of aromatic hydroxyl groups is 1. The average molecular weight is 232 g/mol. The quantitative estimate of drug-likeness (QED) is 0.880. The highest BCUT2D eigenvalue weighted by atomic mass is 16.5. The number of hydrogen-bond acceptors (Lipinski definition) is 4. The zero-order valence-corrected chi connectivity index (χ0v) is 10.1. The molecule has 0 unspecified atom stereocenters. The highest BCUT2D eigenvalue weighted by molar-refractivity contribution is 5.56. The summed E-state index contributed by atoms with van der Waals surface area (Å²) in [5.41, 5.74) is 1.64. The maximum atomic E-state index is 9.45. The number of aromatic nitrogens is 2. The lowest BCUT2D eigenvalue weighted by Gasteiger charge is -1.99. The monoisotopic (exact) mass is 232 g/mol. The van der Waals surface area contributed by atoms with Crippen molar-refractivity contribution in [2.45, 2.75) is 33.1 Å². The van der Waals surface area contributed by atoms with Crippen LogP contribution in [0.2, 0.25) is 0 Å². The maximum absolute atomic E-state index is 9.45. The Bertz CT molecular complexity index is 506. The predicted octanol–water partition coefficient (Wildman–Crippen LogP) is 3.09. The Hall–Kier alpha value is -1.84. The van der Waals surface area contributed by atoms with Crippen molar-refractivity contribution in [3.63, 3.8) is 0 Å². The van der Waals surface area contributed by atoms with Crippen LogP contribution in [0.5, 0.6) is 5.75 Å². The van der Waals surface area contributed by atoms with Crippen molar-refractivity contribution in [2.75, 3.05) is 0 Å². The third kappa shape index (κ3) is 2.64. The van der Waals surface area contributed by atoms with E-state index in [2.05, 4.69) is 17.1 Å². The van der Waals surface area contributed by atoms with Crippen LogP contribution in [0.1, 0.15) is 31.2 Å². The Kier molecular flexibility index (Phi) is 3.42. The third-order valence-corrected chi connectivity index (χ3v) is 2.67. The lowest BCUT2D eigenvalue weighted by molar-refractivity contribution is 0.421. The number of aryl methyl sites for hydroxylation is 2. The van der Waals surface area contributed by atoms with Gasteiger partial charge in [0.25, 0.3) is 5.89 Å². The summed E-state index contributed by atoms with van der Waals surface area (Å²) in [4.78, 5) is 4.33. The maximum Gasteiger partial charge on any atom is 0.257 e. The lowest BCUT2D eigenvalue weighted by atomic mass is 10.1. The Morgan fingerprint density at radius 1 is 1.35 bits per heavy atom. The molecule has 4 heteroatoms. The Labute approximate surface area is 100 Å². The van der Waals surface area contributed by atoms with Crippen LogP contribution in [0, 0.1) is 6.92 Å². The molecule has 0 spiro atoms. The van der Waals surface area contributed by atoms with E-state index >= 15 is 0 Å². The zero-order valence-electron chi connectivity index (χ0n) is 10.1. The van der Waals surface area contributed by atoms with E-state index in [4.69, 9.17) is 4.52 Å². The molecule has 4 nitrogen and oxygen atoms in total. The molecule has 17 heavy (non-hydrogen) atoms. The molecule has 0 aliphatic heterocycles. The van der Waals surface area contributed by atoms with Gasteiger partial charge >= 0.3 is 0 Å². The predicted molar refractivity (Wildman–Crippen MR) is 64.7 cm³/mol. The molecule has 1 N–H and O–H groups in total. The molecule has 0 amide bonds. The first-order valence-electron chi connectivity index (χ1n) is 5.83. The summed E-state index contributed by atoms with van der Waals surface area (Å²) in [6.07, 6.45) is 3.02. The average Bonchev–Trinajstić information content (AvgIpc) is 2.79. The van der Waals surface area contributed by atoms with Gasteiger partial charge in [-0.3, -0.25) is 0 Å². The molecule has 0 saturated heterocycles. The van der Waals surface area contributed by atoms with Gasteiger partial charge < -0.3 is 9.63 Å². The Morgan fingerprint density at radius 3 is 2.88 bits per heavy atom. The Balaban J connectivity index is 2.21. The fourth-order valence-electron chi connectivity index (χ4n) is 1.60. The van der Waals surface area contributed by atoms with Crippen molar-refractivity contribution in [3.8, 4) is 17.2 Å². The number of unbranched alkanes of at least 4 members (excludes halogenated alkanes) is 1. The van der Waals surface area contributed by atoms with Gasteiger partial charge in [0.2, 0.25) is 0 Å². The highest BCUT2D eigenvalue weighted by Gasteiger charge is 2.09. The molecule has 0 atom stereocenters. The van der Waals surface area contributed by atoms with E-state index < -0.39 is 0 Å². The fraction of sp³-hybridized carbons (Fsp3) is 0.385. The second kappa shape index (κ2) is 4.99. The molecule has 1 aromatic heterocycles. The van der Waals surface area contributed by atoms with Crippen LogP contribution in [0.3, 0.4) is 0 Å². The first-order valence-corrected chi connectivity index (χ1v) is 5.83. The summed E-state index contributed by atoms with van der Waals surface area (Å²) < 4.78 is 5.20. The molecule has 0 aliphatic carbocycles. The molecule has 0 bridgehead atoms. The highest BCUT2D eigenvalue weighted by Crippen LogP contribution is 2.24.